The van der Waals surface area contributed by atoms with Gasteiger partial charge in [-0.2, -0.15) is 13.2 Å². The Kier molecular flexibility index (Phi) is 10.3. The quantitative estimate of drug-likeness (QED) is 0.196. The Labute approximate surface area is 275 Å². The lowest BCUT2D eigenvalue weighted by molar-refractivity contribution is -0.138. The largest absolute Gasteiger partial charge is 0.416 e. The van der Waals surface area contributed by atoms with Crippen LogP contribution in [0.4, 0.5) is 13.2 Å². The van der Waals surface area contributed by atoms with Gasteiger partial charge in [-0.3, -0.25) is 4.79 Å². The number of alkyl halides is 3. The molecule has 46 heavy (non-hydrogen) atoms. The number of hydrogen-bond donors (Lipinski definition) is 3. The molecule has 0 saturated heterocycles. The summed E-state index contributed by atoms with van der Waals surface area (Å²) >= 11 is 5.84. The Bertz CT molecular complexity index is 1860. The number of hydrogen-bond acceptors (Lipinski definition) is 5. The van der Waals surface area contributed by atoms with E-state index in [1.165, 1.54) is 24.3 Å². The molecule has 3 N–H and O–H groups in total. The molecular weight excluding hydrogens is 635 g/mol. The Morgan fingerprint density at radius 2 is 1.59 bits per heavy atom. The van der Waals surface area contributed by atoms with E-state index in [0.29, 0.717) is 22.2 Å². The maximum absolute atomic E-state index is 13.7. The topological polar surface area (TPSA) is 109 Å². The second-order valence-electron chi connectivity index (χ2n) is 12.8. The minimum Gasteiger partial charge on any atom is -0.395 e. The number of benzene rings is 3. The third-order valence-corrected chi connectivity index (χ3v) is 12.0. The molecule has 0 aliphatic heterocycles. The number of nitrogens with zero attached hydrogens (tertiary/aromatic N) is 1. The van der Waals surface area contributed by atoms with Crippen molar-refractivity contribution >= 4 is 77.5 Å². The van der Waals surface area contributed by atoms with Gasteiger partial charge in [-0.25, -0.2) is 8.42 Å². The number of sulfone groups is 1. The number of fused-ring (bicyclic) bond motifs is 1. The monoisotopic (exact) mass is 668 g/mol. The molecule has 0 spiro atoms. The van der Waals surface area contributed by atoms with E-state index < -0.39 is 49.8 Å². The van der Waals surface area contributed by atoms with Crippen molar-refractivity contribution in [2.45, 2.75) is 39.7 Å². The van der Waals surface area contributed by atoms with Crippen molar-refractivity contribution in [2.24, 2.45) is 0 Å². The van der Waals surface area contributed by atoms with Gasteiger partial charge in [0.15, 0.2) is 9.84 Å². The lowest BCUT2D eigenvalue weighted by Gasteiger charge is -2.39. The lowest BCUT2D eigenvalue weighted by atomic mass is 9.30. The molecule has 7 nitrogen and oxygen atoms in total. The molecule has 4 rings (SSSR count). The summed E-state index contributed by atoms with van der Waals surface area (Å²) in [7, 11) is 5.25. The van der Waals surface area contributed by atoms with Gasteiger partial charge in [-0.05, 0) is 59.7 Å². The second kappa shape index (κ2) is 13.2. The van der Waals surface area contributed by atoms with Crippen molar-refractivity contribution < 1.29 is 36.6 Å². The summed E-state index contributed by atoms with van der Waals surface area (Å²) in [5.74, 6) is -0.514. The van der Waals surface area contributed by atoms with Crippen LogP contribution in [-0.2, 0) is 29.0 Å². The van der Waals surface area contributed by atoms with Crippen LogP contribution in [0.2, 0.25) is 10.1 Å². The van der Waals surface area contributed by atoms with Crippen LogP contribution in [0.5, 0.6) is 0 Å². The van der Waals surface area contributed by atoms with Gasteiger partial charge >= 0.3 is 6.18 Å². The standard InChI is InChI=1S/C29H33B5ClF3N2O5S/c30-28(31,32)29(33,34)46(44,45)22-6-2-16(3-7-22)24(15-42)39-26(43)18-4-8-25-19(11-18)13-21(40(25)9-10-41)12-17-1-5-20(35)14-23(17)27(36,37)38/h1-8,11,13-14,24,41-42H,9-10,12,15,30-34H2,(H,39,43)/t24-/m0/s1. The summed E-state index contributed by atoms with van der Waals surface area (Å²) in [5, 5.41) is 22.6. The first-order chi connectivity index (χ1) is 21.3. The fraction of sp³-hybridized carbons (Fsp3) is 0.276. The molecule has 0 unspecified atom stereocenters. The van der Waals surface area contributed by atoms with Crippen LogP contribution in [0.1, 0.15) is 38.8 Å². The predicted octanol–water partition coefficient (Wildman–Crippen LogP) is 0.0267. The van der Waals surface area contributed by atoms with Crippen LogP contribution in [0.25, 0.3) is 10.9 Å². The van der Waals surface area contributed by atoms with Crippen LogP contribution < -0.4 is 5.32 Å². The van der Waals surface area contributed by atoms with E-state index >= 15 is 0 Å². The van der Waals surface area contributed by atoms with E-state index in [2.05, 4.69) is 5.32 Å². The molecule has 3 aromatic carbocycles. The predicted molar refractivity (Wildman–Crippen MR) is 187 cm³/mol. The first kappa shape index (κ1) is 35.8. The summed E-state index contributed by atoms with van der Waals surface area (Å²) in [6, 6.07) is 15.3. The van der Waals surface area contributed by atoms with E-state index in [-0.39, 0.29) is 40.6 Å². The molecule has 0 aliphatic rings. The normalized spacial score (nSPS) is 13.5. The SMILES string of the molecule is BC(B)(B)C(B)(B)S(=O)(=O)c1ccc([C@H](CO)NC(=O)c2ccc3c(c2)cc(Cc2ccc(Cl)cc2C(F)(F)F)n3CCO)cc1. The summed E-state index contributed by atoms with van der Waals surface area (Å²) in [4.78, 5) is 13.4. The molecule has 0 radical (unpaired) electrons. The number of nitrogens with one attached hydrogen (secondary N) is 1. The van der Waals surface area contributed by atoms with E-state index in [1.54, 1.807) is 56.7 Å². The van der Waals surface area contributed by atoms with Crippen molar-refractivity contribution in [3.63, 3.8) is 0 Å². The first-order valence-electron chi connectivity index (χ1n) is 14.7. The molecule has 1 atom stereocenters. The van der Waals surface area contributed by atoms with Crippen LogP contribution >= 0.6 is 11.6 Å². The van der Waals surface area contributed by atoms with E-state index in [1.807, 2.05) is 23.5 Å². The highest BCUT2D eigenvalue weighted by Crippen LogP contribution is 2.37. The van der Waals surface area contributed by atoms with Gasteiger partial charge in [0.05, 0.1) is 53.3 Å². The van der Waals surface area contributed by atoms with Gasteiger partial charge in [0.1, 0.15) is 15.7 Å². The summed E-state index contributed by atoms with van der Waals surface area (Å²) in [5.41, 5.74) is 1.04. The van der Waals surface area contributed by atoms with E-state index in [0.717, 1.165) is 6.07 Å². The molecule has 0 saturated carbocycles. The molecule has 0 aliphatic carbocycles. The summed E-state index contributed by atoms with van der Waals surface area (Å²) in [6.07, 6.45) is -4.70. The van der Waals surface area contributed by atoms with Gasteiger partial charge < -0.3 is 20.1 Å². The third kappa shape index (κ3) is 7.10. The van der Waals surface area contributed by atoms with E-state index in [9.17, 15) is 36.6 Å². The van der Waals surface area contributed by atoms with Gasteiger partial charge in [-0.15, -0.1) is 5.11 Å². The third-order valence-electron chi connectivity index (χ3n) is 8.88. The zero-order valence-electron chi connectivity index (χ0n) is 26.2. The van der Waals surface area contributed by atoms with Crippen molar-refractivity contribution in [3.8, 4) is 0 Å². The molecule has 238 valence electrons. The summed E-state index contributed by atoms with van der Waals surface area (Å²) < 4.78 is 68.6. The van der Waals surface area contributed by atoms with Gasteiger partial charge in [0.2, 0.25) is 0 Å². The van der Waals surface area contributed by atoms with Crippen molar-refractivity contribution in [3.05, 3.63) is 99.7 Å². The number of aromatic nitrogens is 1. The first-order valence-corrected chi connectivity index (χ1v) is 16.5. The molecule has 1 heterocycles. The average molecular weight is 668 g/mol. The van der Waals surface area contributed by atoms with Gasteiger partial charge in [-0.1, -0.05) is 29.8 Å². The lowest BCUT2D eigenvalue weighted by Crippen LogP contribution is -2.52. The van der Waals surface area contributed by atoms with Crippen molar-refractivity contribution in [1.82, 2.24) is 9.88 Å². The molecule has 0 fully saturated rings. The van der Waals surface area contributed by atoms with Crippen LogP contribution in [0, 0.1) is 0 Å². The number of amides is 1. The van der Waals surface area contributed by atoms with Crippen LogP contribution in [-0.4, -0.2) is 86.1 Å². The highest BCUT2D eigenvalue weighted by atomic mass is 35.5. The Balaban J connectivity index is 1.60. The van der Waals surface area contributed by atoms with Gasteiger partial charge in [0.25, 0.3) is 5.91 Å². The Morgan fingerprint density at radius 1 is 0.935 bits per heavy atom. The molecule has 1 aromatic heterocycles. The molecule has 17 heteroatoms. The zero-order valence-corrected chi connectivity index (χ0v) is 27.8. The fourth-order valence-electron chi connectivity index (χ4n) is 5.19. The number of rotatable bonds is 11. The van der Waals surface area contributed by atoms with Crippen LogP contribution in [0.3, 0.4) is 0 Å². The highest BCUT2D eigenvalue weighted by molar-refractivity contribution is 7.95. The number of aliphatic hydroxyl groups excluding tert-OH is 2. The van der Waals surface area contributed by atoms with Crippen LogP contribution in [0.15, 0.2) is 71.6 Å². The number of aliphatic hydroxyl groups is 2. The number of carbonyl (C=O) groups is 1. The number of halogens is 4. The second-order valence-corrected chi connectivity index (χ2v) is 15.7. The Hall–Kier alpha value is -3.06. The van der Waals surface area contributed by atoms with Gasteiger partial charge in [0, 0.05) is 44.7 Å². The Morgan fingerprint density at radius 3 is 2.15 bits per heavy atom. The fourth-order valence-corrected chi connectivity index (χ4v) is 7.26. The average Bonchev–Trinajstić information content (AvgIpc) is 3.31. The molecular formula is C29H33B5ClF3N2O5S. The molecule has 0 bridgehead atoms. The van der Waals surface area contributed by atoms with E-state index in [4.69, 9.17) is 11.6 Å². The summed E-state index contributed by atoms with van der Waals surface area (Å²) in [6.45, 7) is -0.574. The zero-order chi connectivity index (χ0) is 34.2. The maximum Gasteiger partial charge on any atom is 0.416 e. The minimum absolute atomic E-state index is 0.0171. The maximum atomic E-state index is 13.7. The number of carbonyl (C=O) groups excluding carboxylic acids is 1. The smallest absolute Gasteiger partial charge is 0.395 e. The highest BCUT2D eigenvalue weighted by Gasteiger charge is 2.44. The minimum atomic E-state index is -4.61. The van der Waals surface area contributed by atoms with Crippen molar-refractivity contribution in [1.29, 1.82) is 0 Å². The molecule has 4 aromatic rings. The van der Waals surface area contributed by atoms with Crippen molar-refractivity contribution in [2.75, 3.05) is 13.2 Å². The molecule has 1 amide bonds.